The second-order valence-corrected chi connectivity index (χ2v) is 5.88. The van der Waals surface area contributed by atoms with Crippen molar-refractivity contribution in [1.82, 2.24) is 20.1 Å². The molecule has 1 N–H and O–H groups in total. The Bertz CT molecular complexity index is 862. The van der Waals surface area contributed by atoms with Crippen LogP contribution in [0.25, 0.3) is 5.69 Å². The van der Waals surface area contributed by atoms with E-state index in [4.69, 9.17) is 0 Å². The topological polar surface area (TPSA) is 59.8 Å². The molecule has 0 radical (unpaired) electrons. The van der Waals surface area contributed by atoms with E-state index in [1.807, 2.05) is 53.2 Å². The van der Waals surface area contributed by atoms with Crippen molar-refractivity contribution in [3.05, 3.63) is 77.4 Å². The molecule has 3 aromatic rings. The molecule has 1 aromatic carbocycles. The first-order chi connectivity index (χ1) is 11.8. The predicted molar refractivity (Wildman–Crippen MR) is 98.2 cm³/mol. The maximum atomic E-state index is 12.6. The molecule has 1 amide bonds. The van der Waals surface area contributed by atoms with Crippen LogP contribution in [0, 0.1) is 0 Å². The van der Waals surface area contributed by atoms with Gasteiger partial charge in [-0.15, -0.1) is 12.4 Å². The van der Waals surface area contributed by atoms with Crippen molar-refractivity contribution in [1.29, 1.82) is 0 Å². The quantitative estimate of drug-likeness (QED) is 0.783. The molecule has 25 heavy (non-hydrogen) atoms. The molecule has 0 saturated heterocycles. The van der Waals surface area contributed by atoms with Gasteiger partial charge < -0.3 is 5.32 Å². The van der Waals surface area contributed by atoms with Crippen LogP contribution in [0.15, 0.2) is 54.7 Å². The fraction of sp³-hybridized carbons (Fsp3) is 0.211. The Morgan fingerprint density at radius 3 is 2.64 bits per heavy atom. The van der Waals surface area contributed by atoms with E-state index in [1.165, 1.54) is 0 Å². The van der Waals surface area contributed by atoms with Gasteiger partial charge in [-0.1, -0.05) is 24.3 Å². The molecule has 0 atom stereocenters. The van der Waals surface area contributed by atoms with Gasteiger partial charge in [0.05, 0.1) is 17.9 Å². The summed E-state index contributed by atoms with van der Waals surface area (Å²) < 4.78 is 1.91. The minimum absolute atomic E-state index is 0. The fourth-order valence-corrected chi connectivity index (χ4v) is 3.16. The average molecular weight is 355 g/mol. The number of nitrogens with zero attached hydrogens (tertiary/aromatic N) is 3. The molecule has 1 aliphatic rings. The molecule has 6 heteroatoms. The Balaban J connectivity index is 0.00000182. The number of amides is 1. The lowest BCUT2D eigenvalue weighted by Crippen LogP contribution is -2.24. The van der Waals surface area contributed by atoms with Crippen LogP contribution < -0.4 is 5.32 Å². The molecular formula is C19H19ClN4O. The average Bonchev–Trinajstić information content (AvgIpc) is 3.24. The number of halogens is 1. The van der Waals surface area contributed by atoms with Crippen molar-refractivity contribution in [3.8, 4) is 5.69 Å². The summed E-state index contributed by atoms with van der Waals surface area (Å²) in [5.41, 5.74) is 4.62. The summed E-state index contributed by atoms with van der Waals surface area (Å²) in [6.45, 7) is 0.409. The van der Waals surface area contributed by atoms with Crippen molar-refractivity contribution >= 4 is 18.3 Å². The summed E-state index contributed by atoms with van der Waals surface area (Å²) in [5.74, 6) is -0.131. The fourth-order valence-electron chi connectivity index (χ4n) is 3.16. The Kier molecular flexibility index (Phi) is 5.14. The van der Waals surface area contributed by atoms with Gasteiger partial charge in [0.1, 0.15) is 0 Å². The Morgan fingerprint density at radius 1 is 1.08 bits per heavy atom. The van der Waals surface area contributed by atoms with Gasteiger partial charge in [-0.05, 0) is 43.5 Å². The highest BCUT2D eigenvalue weighted by atomic mass is 35.5. The highest BCUT2D eigenvalue weighted by Gasteiger charge is 2.26. The monoisotopic (exact) mass is 354 g/mol. The minimum Gasteiger partial charge on any atom is -0.345 e. The van der Waals surface area contributed by atoms with Crippen LogP contribution in [0.4, 0.5) is 0 Å². The third kappa shape index (κ3) is 3.42. The van der Waals surface area contributed by atoms with E-state index < -0.39 is 0 Å². The van der Waals surface area contributed by atoms with Gasteiger partial charge in [0, 0.05) is 17.5 Å². The molecule has 0 aliphatic heterocycles. The smallest absolute Gasteiger partial charge is 0.272 e. The summed E-state index contributed by atoms with van der Waals surface area (Å²) >= 11 is 0. The number of nitrogens with one attached hydrogen (secondary N) is 1. The number of benzene rings is 1. The van der Waals surface area contributed by atoms with E-state index in [-0.39, 0.29) is 18.3 Å². The Hall–Kier alpha value is -2.66. The van der Waals surface area contributed by atoms with Crippen LogP contribution in [-0.2, 0) is 19.4 Å². The lowest BCUT2D eigenvalue weighted by atomic mass is 10.2. The van der Waals surface area contributed by atoms with Gasteiger partial charge >= 0.3 is 0 Å². The molecule has 0 saturated carbocycles. The summed E-state index contributed by atoms with van der Waals surface area (Å²) in [7, 11) is 0. The second-order valence-electron chi connectivity index (χ2n) is 5.88. The number of rotatable bonds is 4. The second kappa shape index (κ2) is 7.49. The molecular weight excluding hydrogens is 336 g/mol. The number of carbonyl (C=O) groups excluding carboxylic acids is 1. The van der Waals surface area contributed by atoms with E-state index in [1.54, 1.807) is 6.20 Å². The van der Waals surface area contributed by atoms with Crippen molar-refractivity contribution in [2.75, 3.05) is 0 Å². The molecule has 0 spiro atoms. The summed E-state index contributed by atoms with van der Waals surface area (Å²) in [6.07, 6.45) is 4.67. The van der Waals surface area contributed by atoms with Crippen LogP contribution in [0.2, 0.25) is 0 Å². The van der Waals surface area contributed by atoms with E-state index >= 15 is 0 Å². The molecule has 2 heterocycles. The van der Waals surface area contributed by atoms with Gasteiger partial charge in [0.2, 0.25) is 0 Å². The first-order valence-corrected chi connectivity index (χ1v) is 8.17. The zero-order valence-corrected chi connectivity index (χ0v) is 14.5. The third-order valence-corrected chi connectivity index (χ3v) is 4.30. The van der Waals surface area contributed by atoms with Crippen molar-refractivity contribution in [3.63, 3.8) is 0 Å². The van der Waals surface area contributed by atoms with Crippen molar-refractivity contribution < 1.29 is 4.79 Å². The molecule has 0 bridgehead atoms. The van der Waals surface area contributed by atoms with Crippen LogP contribution in [0.3, 0.4) is 0 Å². The molecule has 0 unspecified atom stereocenters. The van der Waals surface area contributed by atoms with Gasteiger partial charge in [0.15, 0.2) is 5.69 Å². The highest BCUT2D eigenvalue weighted by molar-refractivity contribution is 5.94. The Morgan fingerprint density at radius 2 is 1.88 bits per heavy atom. The third-order valence-electron chi connectivity index (χ3n) is 4.30. The van der Waals surface area contributed by atoms with Crippen LogP contribution >= 0.6 is 12.4 Å². The van der Waals surface area contributed by atoms with Crippen molar-refractivity contribution in [2.24, 2.45) is 0 Å². The summed E-state index contributed by atoms with van der Waals surface area (Å²) in [5, 5.41) is 7.53. The lowest BCUT2D eigenvalue weighted by Gasteiger charge is -2.05. The van der Waals surface area contributed by atoms with Crippen LogP contribution in [0.1, 0.15) is 33.9 Å². The lowest BCUT2D eigenvalue weighted by molar-refractivity contribution is 0.0944. The van der Waals surface area contributed by atoms with E-state index in [2.05, 4.69) is 15.4 Å². The SMILES string of the molecule is Cl.O=C(NCc1ccccn1)c1nn(-c2ccccc2)c2c1CCC2. The molecule has 0 fully saturated rings. The molecule has 2 aromatic heterocycles. The van der Waals surface area contributed by atoms with Crippen LogP contribution in [0.5, 0.6) is 0 Å². The van der Waals surface area contributed by atoms with E-state index in [0.29, 0.717) is 12.2 Å². The van der Waals surface area contributed by atoms with Crippen LogP contribution in [-0.4, -0.2) is 20.7 Å². The number of carbonyl (C=O) groups is 1. The Labute approximate surface area is 152 Å². The highest BCUT2D eigenvalue weighted by Crippen LogP contribution is 2.27. The largest absolute Gasteiger partial charge is 0.345 e. The molecule has 4 rings (SSSR count). The summed E-state index contributed by atoms with van der Waals surface area (Å²) in [6, 6.07) is 15.7. The number of hydrogen-bond acceptors (Lipinski definition) is 3. The maximum absolute atomic E-state index is 12.6. The standard InChI is InChI=1S/C19H18N4O.ClH/c24-19(21-13-14-7-4-5-12-20-14)18-16-10-6-11-17(16)23(22-18)15-8-2-1-3-9-15;/h1-5,7-9,12H,6,10-11,13H2,(H,21,24);1H. The van der Waals surface area contributed by atoms with Gasteiger partial charge in [-0.3, -0.25) is 9.78 Å². The first-order valence-electron chi connectivity index (χ1n) is 8.17. The first kappa shape index (κ1) is 17.2. The van der Waals surface area contributed by atoms with E-state index in [9.17, 15) is 4.79 Å². The zero-order valence-electron chi connectivity index (χ0n) is 13.7. The minimum atomic E-state index is -0.131. The summed E-state index contributed by atoms with van der Waals surface area (Å²) in [4.78, 5) is 16.8. The zero-order chi connectivity index (χ0) is 16.4. The van der Waals surface area contributed by atoms with Gasteiger partial charge in [-0.2, -0.15) is 5.10 Å². The van der Waals surface area contributed by atoms with E-state index in [0.717, 1.165) is 41.9 Å². The molecule has 128 valence electrons. The number of fused-ring (bicyclic) bond motifs is 1. The molecule has 5 nitrogen and oxygen atoms in total. The number of aromatic nitrogens is 3. The number of para-hydroxylation sites is 1. The normalized spacial score (nSPS) is 12.3. The predicted octanol–water partition coefficient (Wildman–Crippen LogP) is 3.11. The maximum Gasteiger partial charge on any atom is 0.272 e. The molecule has 1 aliphatic carbocycles. The van der Waals surface area contributed by atoms with Gasteiger partial charge in [-0.25, -0.2) is 4.68 Å². The number of pyridine rings is 1. The van der Waals surface area contributed by atoms with Crippen molar-refractivity contribution in [2.45, 2.75) is 25.8 Å². The van der Waals surface area contributed by atoms with Gasteiger partial charge in [0.25, 0.3) is 5.91 Å². The number of hydrogen-bond donors (Lipinski definition) is 1.